The molecule has 0 bridgehead atoms. The summed E-state index contributed by atoms with van der Waals surface area (Å²) < 4.78 is 15.2. The summed E-state index contributed by atoms with van der Waals surface area (Å²) in [5.41, 5.74) is 4.13. The quantitative estimate of drug-likeness (QED) is 0.272. The lowest BCUT2D eigenvalue weighted by Gasteiger charge is -2.31. The van der Waals surface area contributed by atoms with Gasteiger partial charge in [0.15, 0.2) is 0 Å². The Hall–Kier alpha value is -3.58. The van der Waals surface area contributed by atoms with Crippen molar-refractivity contribution >= 4 is 28.8 Å². The third kappa shape index (κ3) is 5.78. The highest BCUT2D eigenvalue weighted by Crippen LogP contribution is 2.53. The van der Waals surface area contributed by atoms with Gasteiger partial charge in [-0.1, -0.05) is 58.9 Å². The molecule has 0 aromatic heterocycles. The highest BCUT2D eigenvalue weighted by Gasteiger charge is 2.45. The van der Waals surface area contributed by atoms with Gasteiger partial charge < -0.3 is 20.6 Å². The van der Waals surface area contributed by atoms with E-state index < -0.39 is 5.41 Å². The second-order valence-electron chi connectivity index (χ2n) is 12.8. The standard InChI is InChI=1S/C34H43FN4O2/c1-6-34(7-2)22-39(31-29(40)19-18-25(35)30(31)34)28-12-9-8-11-26(28)37-32(41)36-24-16-14-23(15-17-24)27-13-10-20-38(27)21-33(3,4)5/h8-9,11-12,14-19,27,40H,6-7,10,13,20-22H2,1-5H3,(H2,36,37,41). The van der Waals surface area contributed by atoms with Gasteiger partial charge in [-0.05, 0) is 79.6 Å². The average Bonchev–Trinajstić information content (AvgIpc) is 3.54. The molecule has 0 radical (unpaired) electrons. The largest absolute Gasteiger partial charge is 0.506 e. The van der Waals surface area contributed by atoms with Crippen LogP contribution in [0.3, 0.4) is 0 Å². The summed E-state index contributed by atoms with van der Waals surface area (Å²) in [7, 11) is 0. The molecule has 7 heteroatoms. The topological polar surface area (TPSA) is 67.8 Å². The van der Waals surface area contributed by atoms with Crippen LogP contribution in [0.15, 0.2) is 60.7 Å². The van der Waals surface area contributed by atoms with Crippen LogP contribution >= 0.6 is 0 Å². The first-order chi connectivity index (χ1) is 19.5. The molecule has 1 fully saturated rings. The van der Waals surface area contributed by atoms with E-state index in [1.165, 1.54) is 24.1 Å². The number of fused-ring (bicyclic) bond motifs is 1. The number of carbonyl (C=O) groups excluding carboxylic acids is 1. The minimum absolute atomic E-state index is 0.0350. The number of phenols is 1. The Bertz CT molecular complexity index is 1390. The Balaban J connectivity index is 1.33. The summed E-state index contributed by atoms with van der Waals surface area (Å²) in [4.78, 5) is 17.7. The van der Waals surface area contributed by atoms with E-state index in [4.69, 9.17) is 0 Å². The molecule has 3 aromatic rings. The van der Waals surface area contributed by atoms with E-state index >= 15 is 4.39 Å². The fourth-order valence-electron chi connectivity index (χ4n) is 6.72. The number of carbonyl (C=O) groups is 1. The van der Waals surface area contributed by atoms with Gasteiger partial charge in [-0.25, -0.2) is 9.18 Å². The van der Waals surface area contributed by atoms with Crippen LogP contribution in [0.5, 0.6) is 5.75 Å². The number of para-hydroxylation sites is 2. The number of anilines is 4. The Kier molecular flexibility index (Phi) is 8.02. The summed E-state index contributed by atoms with van der Waals surface area (Å²) in [5, 5.41) is 16.8. The summed E-state index contributed by atoms with van der Waals surface area (Å²) in [6, 6.07) is 18.4. The van der Waals surface area contributed by atoms with E-state index in [1.807, 2.05) is 41.3 Å². The molecule has 1 saturated heterocycles. The number of aromatic hydroxyl groups is 1. The van der Waals surface area contributed by atoms with Crippen LogP contribution in [0.4, 0.5) is 31.9 Å². The molecule has 5 rings (SSSR count). The first-order valence-corrected chi connectivity index (χ1v) is 14.9. The average molecular weight is 559 g/mol. The van der Waals surface area contributed by atoms with E-state index in [9.17, 15) is 9.90 Å². The molecule has 0 spiro atoms. The molecule has 3 aromatic carbocycles. The van der Waals surface area contributed by atoms with E-state index in [1.54, 1.807) is 0 Å². The number of phenolic OH excluding ortho intramolecular Hbond substituents is 1. The highest BCUT2D eigenvalue weighted by molar-refractivity contribution is 6.02. The maximum absolute atomic E-state index is 15.2. The maximum atomic E-state index is 15.2. The van der Waals surface area contributed by atoms with Gasteiger partial charge in [0.25, 0.3) is 0 Å². The van der Waals surface area contributed by atoms with Gasteiger partial charge in [-0.15, -0.1) is 0 Å². The van der Waals surface area contributed by atoms with E-state index in [-0.39, 0.29) is 23.0 Å². The van der Waals surface area contributed by atoms with Crippen molar-refractivity contribution in [1.29, 1.82) is 0 Å². The van der Waals surface area contributed by atoms with Gasteiger partial charge in [0.05, 0.1) is 17.1 Å². The molecule has 2 aliphatic rings. The number of benzene rings is 3. The second kappa shape index (κ2) is 11.4. The van der Waals surface area contributed by atoms with Crippen molar-refractivity contribution in [2.24, 2.45) is 5.41 Å². The Morgan fingerprint density at radius 2 is 1.73 bits per heavy atom. The summed E-state index contributed by atoms with van der Waals surface area (Å²) in [6.45, 7) is 13.6. The zero-order valence-corrected chi connectivity index (χ0v) is 24.9. The van der Waals surface area contributed by atoms with Crippen LogP contribution < -0.4 is 15.5 Å². The minimum Gasteiger partial charge on any atom is -0.506 e. The molecule has 2 heterocycles. The third-order valence-electron chi connectivity index (χ3n) is 8.76. The molecular weight excluding hydrogens is 515 g/mol. The first kappa shape index (κ1) is 28.9. The molecule has 0 saturated carbocycles. The summed E-state index contributed by atoms with van der Waals surface area (Å²) in [5.74, 6) is -0.275. The van der Waals surface area contributed by atoms with Crippen molar-refractivity contribution < 1.29 is 14.3 Å². The fourth-order valence-corrected chi connectivity index (χ4v) is 6.72. The van der Waals surface area contributed by atoms with E-state index in [0.717, 1.165) is 32.4 Å². The number of urea groups is 1. The molecule has 3 N–H and O–H groups in total. The monoisotopic (exact) mass is 558 g/mol. The van der Waals surface area contributed by atoms with Crippen molar-refractivity contribution in [2.45, 2.75) is 71.8 Å². The lowest BCUT2D eigenvalue weighted by molar-refractivity contribution is 0.178. The number of nitrogens with zero attached hydrogens (tertiary/aromatic N) is 2. The highest BCUT2D eigenvalue weighted by atomic mass is 19.1. The Morgan fingerprint density at radius 3 is 2.41 bits per heavy atom. The van der Waals surface area contributed by atoms with Gasteiger partial charge in [-0.3, -0.25) is 4.90 Å². The van der Waals surface area contributed by atoms with E-state index in [2.05, 4.69) is 62.3 Å². The van der Waals surface area contributed by atoms with Crippen LogP contribution in [-0.4, -0.2) is 35.7 Å². The number of nitrogens with one attached hydrogen (secondary N) is 2. The smallest absolute Gasteiger partial charge is 0.323 e. The fraction of sp³-hybridized carbons (Fsp3) is 0.441. The maximum Gasteiger partial charge on any atom is 0.323 e. The third-order valence-corrected chi connectivity index (χ3v) is 8.76. The van der Waals surface area contributed by atoms with Crippen LogP contribution in [0.2, 0.25) is 0 Å². The van der Waals surface area contributed by atoms with Crippen molar-refractivity contribution in [3.63, 3.8) is 0 Å². The number of hydrogen-bond donors (Lipinski definition) is 3. The predicted octanol–water partition coefficient (Wildman–Crippen LogP) is 8.57. The molecular formula is C34H43FN4O2. The van der Waals surface area contributed by atoms with Gasteiger partial charge in [0, 0.05) is 35.8 Å². The van der Waals surface area contributed by atoms with Crippen molar-refractivity contribution in [3.05, 3.63) is 77.6 Å². The van der Waals surface area contributed by atoms with Gasteiger partial charge in [0.1, 0.15) is 11.6 Å². The zero-order chi connectivity index (χ0) is 29.4. The van der Waals surface area contributed by atoms with Crippen molar-refractivity contribution in [3.8, 4) is 5.75 Å². The minimum atomic E-state index is -0.433. The van der Waals surface area contributed by atoms with Crippen LogP contribution in [-0.2, 0) is 5.41 Å². The van der Waals surface area contributed by atoms with Crippen molar-refractivity contribution in [2.75, 3.05) is 35.2 Å². The number of amides is 2. The molecule has 6 nitrogen and oxygen atoms in total. The molecule has 2 amide bonds. The molecule has 218 valence electrons. The summed E-state index contributed by atoms with van der Waals surface area (Å²) in [6.07, 6.45) is 3.81. The predicted molar refractivity (Wildman–Crippen MR) is 166 cm³/mol. The lowest BCUT2D eigenvalue weighted by Crippen LogP contribution is -2.32. The first-order valence-electron chi connectivity index (χ1n) is 14.9. The molecule has 41 heavy (non-hydrogen) atoms. The SMILES string of the molecule is CCC1(CC)CN(c2ccccc2NC(=O)Nc2ccc(C3CCCN3CC(C)(C)C)cc2)c2c(O)ccc(F)c21. The van der Waals surface area contributed by atoms with Crippen LogP contribution in [0.1, 0.15) is 77.5 Å². The Morgan fingerprint density at radius 1 is 1.02 bits per heavy atom. The van der Waals surface area contributed by atoms with Gasteiger partial charge in [-0.2, -0.15) is 0 Å². The molecule has 0 aliphatic carbocycles. The van der Waals surface area contributed by atoms with Crippen LogP contribution in [0, 0.1) is 11.2 Å². The number of halogens is 1. The zero-order valence-electron chi connectivity index (χ0n) is 24.9. The number of likely N-dealkylation sites (tertiary alicyclic amines) is 1. The normalized spacial score (nSPS) is 18.4. The number of hydrogen-bond acceptors (Lipinski definition) is 4. The second-order valence-corrected chi connectivity index (χ2v) is 12.8. The summed E-state index contributed by atoms with van der Waals surface area (Å²) >= 11 is 0. The lowest BCUT2D eigenvalue weighted by atomic mass is 9.77. The van der Waals surface area contributed by atoms with E-state index in [0.29, 0.717) is 40.9 Å². The molecule has 1 unspecified atom stereocenters. The molecule has 1 atom stereocenters. The van der Waals surface area contributed by atoms with Crippen molar-refractivity contribution in [1.82, 2.24) is 4.90 Å². The van der Waals surface area contributed by atoms with Crippen LogP contribution in [0.25, 0.3) is 0 Å². The van der Waals surface area contributed by atoms with Gasteiger partial charge >= 0.3 is 6.03 Å². The van der Waals surface area contributed by atoms with Gasteiger partial charge in [0.2, 0.25) is 0 Å². The number of rotatable bonds is 7. The molecule has 2 aliphatic heterocycles. The Labute approximate surface area is 243 Å².